The molecule has 1 heterocycles. The van der Waals surface area contributed by atoms with Crippen LogP contribution in [-0.4, -0.2) is 32.2 Å². The summed E-state index contributed by atoms with van der Waals surface area (Å²) in [6, 6.07) is 16.1. The minimum atomic E-state index is -0.319. The van der Waals surface area contributed by atoms with Crippen molar-refractivity contribution in [2.24, 2.45) is 0 Å². The van der Waals surface area contributed by atoms with Gasteiger partial charge in [-0.1, -0.05) is 6.07 Å². The van der Waals surface area contributed by atoms with Gasteiger partial charge in [0.25, 0.3) is 5.91 Å². The molecular formula is C21H21N3O4. The Bertz CT molecular complexity index is 958. The maximum atomic E-state index is 12.4. The van der Waals surface area contributed by atoms with Crippen molar-refractivity contribution in [1.29, 1.82) is 0 Å². The van der Waals surface area contributed by atoms with Crippen LogP contribution in [0.3, 0.4) is 0 Å². The van der Waals surface area contributed by atoms with E-state index in [2.05, 4.69) is 15.6 Å². The van der Waals surface area contributed by atoms with Gasteiger partial charge in [0.2, 0.25) is 0 Å². The first-order chi connectivity index (χ1) is 13.6. The first kappa shape index (κ1) is 19.0. The number of hydrogen-bond acceptors (Lipinski definition) is 6. The van der Waals surface area contributed by atoms with Gasteiger partial charge in [-0.3, -0.25) is 4.79 Å². The van der Waals surface area contributed by atoms with E-state index in [0.717, 1.165) is 17.1 Å². The van der Waals surface area contributed by atoms with E-state index in [1.165, 1.54) is 0 Å². The van der Waals surface area contributed by atoms with E-state index in [4.69, 9.17) is 14.2 Å². The monoisotopic (exact) mass is 379 g/mol. The molecule has 1 aromatic heterocycles. The molecule has 2 aromatic carbocycles. The first-order valence-electron chi connectivity index (χ1n) is 8.53. The van der Waals surface area contributed by atoms with Gasteiger partial charge < -0.3 is 24.8 Å². The van der Waals surface area contributed by atoms with Gasteiger partial charge in [-0.05, 0) is 36.4 Å². The quantitative estimate of drug-likeness (QED) is 0.643. The topological polar surface area (TPSA) is 81.7 Å². The van der Waals surface area contributed by atoms with Gasteiger partial charge in [0.05, 0.1) is 33.2 Å². The number of carbonyl (C=O) groups is 1. The average Bonchev–Trinajstić information content (AvgIpc) is 2.74. The highest BCUT2D eigenvalue weighted by atomic mass is 16.5. The summed E-state index contributed by atoms with van der Waals surface area (Å²) >= 11 is 0. The van der Waals surface area contributed by atoms with Gasteiger partial charge in [0, 0.05) is 23.5 Å². The maximum Gasteiger partial charge on any atom is 0.274 e. The van der Waals surface area contributed by atoms with E-state index in [9.17, 15) is 4.79 Å². The highest BCUT2D eigenvalue weighted by molar-refractivity contribution is 6.03. The number of hydrogen-bond donors (Lipinski definition) is 2. The fraction of sp³-hybridized carbons (Fsp3) is 0.143. The molecule has 2 N–H and O–H groups in total. The Morgan fingerprint density at radius 3 is 2.29 bits per heavy atom. The second kappa shape index (κ2) is 8.77. The molecule has 144 valence electrons. The van der Waals surface area contributed by atoms with Crippen molar-refractivity contribution in [3.8, 4) is 17.2 Å². The molecule has 3 aromatic rings. The lowest BCUT2D eigenvalue weighted by Crippen LogP contribution is -2.13. The maximum absolute atomic E-state index is 12.4. The van der Waals surface area contributed by atoms with Crippen molar-refractivity contribution in [3.05, 3.63) is 66.5 Å². The van der Waals surface area contributed by atoms with Crippen molar-refractivity contribution < 1.29 is 19.0 Å². The molecule has 0 radical (unpaired) electrons. The Kier molecular flexibility index (Phi) is 5.96. The molecule has 0 unspecified atom stereocenters. The Morgan fingerprint density at radius 2 is 1.61 bits per heavy atom. The summed E-state index contributed by atoms with van der Waals surface area (Å²) in [5.41, 5.74) is 2.51. The van der Waals surface area contributed by atoms with Crippen LogP contribution in [0.5, 0.6) is 17.2 Å². The minimum absolute atomic E-state index is 0.297. The van der Waals surface area contributed by atoms with Crippen LogP contribution in [0.4, 0.5) is 17.1 Å². The molecule has 0 atom stereocenters. The van der Waals surface area contributed by atoms with Crippen LogP contribution < -0.4 is 24.8 Å². The molecule has 0 spiro atoms. The van der Waals surface area contributed by atoms with Crippen LogP contribution in [0.25, 0.3) is 0 Å². The molecule has 0 aliphatic rings. The molecule has 28 heavy (non-hydrogen) atoms. The van der Waals surface area contributed by atoms with Gasteiger partial charge in [0.15, 0.2) is 11.5 Å². The molecule has 1 amide bonds. The van der Waals surface area contributed by atoms with Crippen molar-refractivity contribution in [1.82, 2.24) is 4.98 Å². The number of nitrogens with one attached hydrogen (secondary N) is 2. The lowest BCUT2D eigenvalue weighted by molar-refractivity contribution is 0.102. The zero-order valence-corrected chi connectivity index (χ0v) is 15.9. The normalized spacial score (nSPS) is 10.1. The van der Waals surface area contributed by atoms with Crippen molar-refractivity contribution >= 4 is 23.0 Å². The first-order valence-corrected chi connectivity index (χ1v) is 8.53. The van der Waals surface area contributed by atoms with Crippen molar-refractivity contribution in [2.75, 3.05) is 32.0 Å². The van der Waals surface area contributed by atoms with Crippen molar-refractivity contribution in [2.45, 2.75) is 0 Å². The predicted molar refractivity (Wildman–Crippen MR) is 108 cm³/mol. The van der Waals surface area contributed by atoms with Crippen LogP contribution in [0.1, 0.15) is 10.5 Å². The van der Waals surface area contributed by atoms with Gasteiger partial charge >= 0.3 is 0 Å². The molecular weight excluding hydrogens is 358 g/mol. The van der Waals surface area contributed by atoms with Gasteiger partial charge in [-0.2, -0.15) is 0 Å². The van der Waals surface area contributed by atoms with E-state index in [1.807, 2.05) is 24.3 Å². The molecule has 0 aliphatic carbocycles. The number of pyridine rings is 1. The number of methoxy groups -OCH3 is 3. The number of rotatable bonds is 7. The highest BCUT2D eigenvalue weighted by Gasteiger charge is 2.10. The second-order valence-electron chi connectivity index (χ2n) is 5.81. The van der Waals surface area contributed by atoms with E-state index in [1.54, 1.807) is 57.9 Å². The third-order valence-electron chi connectivity index (χ3n) is 4.00. The fourth-order valence-corrected chi connectivity index (χ4v) is 2.58. The summed E-state index contributed by atoms with van der Waals surface area (Å²) in [4.78, 5) is 16.7. The highest BCUT2D eigenvalue weighted by Crippen LogP contribution is 2.30. The van der Waals surface area contributed by atoms with E-state index < -0.39 is 0 Å². The molecule has 0 aliphatic heterocycles. The summed E-state index contributed by atoms with van der Waals surface area (Å²) in [6.45, 7) is 0. The van der Waals surface area contributed by atoms with Crippen LogP contribution in [0.15, 0.2) is 60.8 Å². The molecule has 7 heteroatoms. The summed E-state index contributed by atoms with van der Waals surface area (Å²) in [5.74, 6) is 1.56. The third kappa shape index (κ3) is 4.50. The van der Waals surface area contributed by atoms with Crippen molar-refractivity contribution in [3.63, 3.8) is 0 Å². The van der Waals surface area contributed by atoms with E-state index >= 15 is 0 Å². The molecule has 7 nitrogen and oxygen atoms in total. The van der Waals surface area contributed by atoms with Crippen LogP contribution in [-0.2, 0) is 0 Å². The molecule has 0 saturated carbocycles. The number of carbonyl (C=O) groups excluding carboxylic acids is 1. The zero-order chi connectivity index (χ0) is 19.9. The summed E-state index contributed by atoms with van der Waals surface area (Å²) < 4.78 is 15.6. The third-order valence-corrected chi connectivity index (χ3v) is 4.00. The standard InChI is InChI=1S/C21H21N3O4/c1-26-17-6-4-5-14(11-17)23-16-7-9-18(22-13-16)21(25)24-15-8-10-19(27-2)20(12-15)28-3/h4-13,23H,1-3H3,(H,24,25). The minimum Gasteiger partial charge on any atom is -0.497 e. The predicted octanol–water partition coefficient (Wildman–Crippen LogP) is 4.10. The summed E-state index contributed by atoms with van der Waals surface area (Å²) in [7, 11) is 4.71. The average molecular weight is 379 g/mol. The van der Waals surface area contributed by atoms with Crippen LogP contribution in [0.2, 0.25) is 0 Å². The number of ether oxygens (including phenoxy) is 3. The van der Waals surface area contributed by atoms with Gasteiger partial charge in [-0.25, -0.2) is 4.98 Å². The molecule has 0 bridgehead atoms. The SMILES string of the molecule is COc1cccc(Nc2ccc(C(=O)Nc3ccc(OC)c(OC)c3)nc2)c1. The number of aromatic nitrogens is 1. The Labute approximate surface area is 163 Å². The zero-order valence-electron chi connectivity index (χ0n) is 15.9. The fourth-order valence-electron chi connectivity index (χ4n) is 2.58. The smallest absolute Gasteiger partial charge is 0.274 e. The van der Waals surface area contributed by atoms with E-state index in [-0.39, 0.29) is 5.91 Å². The van der Waals surface area contributed by atoms with Crippen LogP contribution in [0, 0.1) is 0 Å². The molecule has 0 saturated heterocycles. The second-order valence-corrected chi connectivity index (χ2v) is 5.81. The van der Waals surface area contributed by atoms with Gasteiger partial charge in [0.1, 0.15) is 11.4 Å². The Morgan fingerprint density at radius 1 is 0.821 bits per heavy atom. The Hall–Kier alpha value is -3.74. The lowest BCUT2D eigenvalue weighted by atomic mass is 10.2. The van der Waals surface area contributed by atoms with Gasteiger partial charge in [-0.15, -0.1) is 0 Å². The number of benzene rings is 2. The molecule has 3 rings (SSSR count). The largest absolute Gasteiger partial charge is 0.497 e. The van der Waals surface area contributed by atoms with E-state index in [0.29, 0.717) is 22.9 Å². The number of anilines is 3. The molecule has 0 fully saturated rings. The summed E-state index contributed by atoms with van der Waals surface area (Å²) in [5, 5.41) is 6.01. The lowest BCUT2D eigenvalue weighted by Gasteiger charge is -2.11. The number of nitrogens with zero attached hydrogens (tertiary/aromatic N) is 1. The number of amides is 1. The summed E-state index contributed by atoms with van der Waals surface area (Å²) in [6.07, 6.45) is 1.60. The Balaban J connectivity index is 1.68. The van der Waals surface area contributed by atoms with Crippen LogP contribution >= 0.6 is 0 Å².